The summed E-state index contributed by atoms with van der Waals surface area (Å²) in [6.45, 7) is 0. The molecular formula is CH5MgNO. The molecule has 0 aliphatic heterocycles. The molecule has 0 rings (SSSR count). The third kappa shape index (κ3) is 61.2. The maximum Gasteiger partial charge on any atom is 2.00 e. The first kappa shape index (κ1) is 8.87. The predicted molar refractivity (Wildman–Crippen MR) is 18.2 cm³/mol. The smallest absolute Gasteiger partial charge is 1.00 e. The average Bonchev–Trinajstić information content (AvgIpc) is 0.918. The second-order valence-electron chi connectivity index (χ2n) is 0.136. The Morgan fingerprint density at radius 2 is 2.00 bits per heavy atom. The predicted octanol–water partition coefficient (Wildman–Crippen LogP) is -1.05. The van der Waals surface area contributed by atoms with E-state index < -0.39 is 0 Å². The van der Waals surface area contributed by atoms with Gasteiger partial charge in [-0.1, -0.05) is 0 Å². The summed E-state index contributed by atoms with van der Waals surface area (Å²) in [5.41, 5.74) is 4.17. The minimum absolute atomic E-state index is 0. The zero-order valence-corrected chi connectivity index (χ0v) is 3.68. The van der Waals surface area contributed by atoms with E-state index in [2.05, 4.69) is 5.73 Å². The summed E-state index contributed by atoms with van der Waals surface area (Å²) < 4.78 is 0. The Labute approximate surface area is 43.5 Å². The average molecular weight is 71.4 g/mol. The largest absolute Gasteiger partial charge is 2.00 e. The van der Waals surface area contributed by atoms with E-state index in [1.165, 1.54) is 0 Å². The molecule has 22 valence electrons. The molecular weight excluding hydrogens is 66.3 g/mol. The van der Waals surface area contributed by atoms with Gasteiger partial charge in [-0.2, -0.15) is 0 Å². The van der Waals surface area contributed by atoms with Crippen LogP contribution in [0.25, 0.3) is 0 Å². The van der Waals surface area contributed by atoms with Crippen molar-refractivity contribution in [1.29, 1.82) is 0 Å². The van der Waals surface area contributed by atoms with Gasteiger partial charge in [0.05, 0.1) is 0 Å². The first-order valence-corrected chi connectivity index (χ1v) is 0.569. The Morgan fingerprint density at radius 3 is 2.00 bits per heavy atom. The second kappa shape index (κ2) is 10.6. The maximum absolute atomic E-state index is 8.58. The van der Waals surface area contributed by atoms with Gasteiger partial charge in [-0.15, -0.1) is 0 Å². The molecule has 0 saturated carbocycles. The van der Waals surface area contributed by atoms with Crippen molar-refractivity contribution in [1.82, 2.24) is 0 Å². The van der Waals surface area contributed by atoms with Crippen molar-refractivity contribution in [2.75, 3.05) is 0 Å². The molecule has 0 aliphatic rings. The Hall–Kier alpha value is 0.236. The number of hydrogen-bond donors (Lipinski definition) is 1. The van der Waals surface area contributed by atoms with Gasteiger partial charge in [-0.3, -0.25) is 4.79 Å². The molecule has 0 bridgehead atoms. The van der Waals surface area contributed by atoms with Crippen molar-refractivity contribution in [2.24, 2.45) is 5.73 Å². The van der Waals surface area contributed by atoms with Gasteiger partial charge in [0, 0.05) is 0 Å². The molecule has 0 unspecified atom stereocenters. The zero-order chi connectivity index (χ0) is 2.71. The Morgan fingerprint density at radius 1 is 2.00 bits per heavy atom. The van der Waals surface area contributed by atoms with Gasteiger partial charge >= 0.3 is 23.1 Å². The molecule has 0 aromatic heterocycles. The third-order valence-electron chi connectivity index (χ3n) is 0. The van der Waals surface area contributed by atoms with E-state index in [1.807, 2.05) is 0 Å². The maximum atomic E-state index is 8.58. The molecule has 0 aliphatic carbocycles. The molecule has 3 heteroatoms. The zero-order valence-electron chi connectivity index (χ0n) is 4.27. The number of primary amides is 1. The van der Waals surface area contributed by atoms with Crippen molar-refractivity contribution < 1.29 is 7.65 Å². The molecule has 0 saturated heterocycles. The van der Waals surface area contributed by atoms with Crippen molar-refractivity contribution in [3.63, 3.8) is 0 Å². The van der Waals surface area contributed by atoms with E-state index in [0.717, 1.165) is 0 Å². The fourth-order valence-corrected chi connectivity index (χ4v) is 0. The van der Waals surface area contributed by atoms with Gasteiger partial charge in [0.15, 0.2) is 0 Å². The van der Waals surface area contributed by atoms with Crippen LogP contribution in [0.1, 0.15) is 2.85 Å². The van der Waals surface area contributed by atoms with Crippen LogP contribution in [0.3, 0.4) is 0 Å². The fraction of sp³-hybridized carbons (Fsp3) is 0. The molecule has 2 nitrogen and oxygen atoms in total. The second-order valence-corrected chi connectivity index (χ2v) is 0.136. The van der Waals surface area contributed by atoms with Crippen LogP contribution in [0.2, 0.25) is 0 Å². The van der Waals surface area contributed by atoms with Crippen LogP contribution in [0.5, 0.6) is 0 Å². The summed E-state index contributed by atoms with van der Waals surface area (Å²) in [6, 6.07) is 0. The molecule has 1 amide bonds. The Bertz CT molecular complexity index is 21.0. The summed E-state index contributed by atoms with van der Waals surface area (Å²) in [5.74, 6) is 0. The number of carbonyl (C=O) groups is 1. The summed E-state index contributed by atoms with van der Waals surface area (Å²) in [4.78, 5) is 8.58. The molecule has 2 N–H and O–H groups in total. The van der Waals surface area contributed by atoms with Crippen LogP contribution in [0.15, 0.2) is 0 Å². The van der Waals surface area contributed by atoms with E-state index in [9.17, 15) is 0 Å². The van der Waals surface area contributed by atoms with Crippen LogP contribution in [-0.4, -0.2) is 29.5 Å². The Kier molecular flexibility index (Phi) is 23.5. The van der Waals surface area contributed by atoms with Crippen LogP contribution in [0, 0.1) is 0 Å². The third-order valence-corrected chi connectivity index (χ3v) is 0. The molecule has 0 aromatic carbocycles. The quantitative estimate of drug-likeness (QED) is 0.287. The van der Waals surface area contributed by atoms with Crippen molar-refractivity contribution in [2.45, 2.75) is 0 Å². The van der Waals surface area contributed by atoms with Crippen LogP contribution >= 0.6 is 0 Å². The van der Waals surface area contributed by atoms with E-state index in [1.54, 1.807) is 0 Å². The van der Waals surface area contributed by atoms with Crippen LogP contribution in [0.4, 0.5) is 0 Å². The summed E-state index contributed by atoms with van der Waals surface area (Å²) in [6.07, 6.45) is 0.250. The van der Waals surface area contributed by atoms with E-state index in [4.69, 9.17) is 4.79 Å². The van der Waals surface area contributed by atoms with Gasteiger partial charge in [-0.05, 0) is 0 Å². The minimum atomic E-state index is 0. The van der Waals surface area contributed by atoms with Crippen LogP contribution in [-0.2, 0) is 4.79 Å². The van der Waals surface area contributed by atoms with Gasteiger partial charge < -0.3 is 8.59 Å². The molecule has 4 heavy (non-hydrogen) atoms. The summed E-state index contributed by atoms with van der Waals surface area (Å²) in [7, 11) is 0. The molecule has 0 spiro atoms. The van der Waals surface area contributed by atoms with Crippen LogP contribution < -0.4 is 5.73 Å². The van der Waals surface area contributed by atoms with Gasteiger partial charge in [0.25, 0.3) is 0 Å². The summed E-state index contributed by atoms with van der Waals surface area (Å²) in [5, 5.41) is 0. The van der Waals surface area contributed by atoms with E-state index >= 15 is 0 Å². The normalized spacial score (nSPS) is 3.00. The molecule has 0 fully saturated rings. The SMILES string of the molecule is NC=O.[H-].[H-].[Mg+2]. The Balaban J connectivity index is -0.00000000667. The topological polar surface area (TPSA) is 43.1 Å². The molecule has 0 aromatic rings. The monoisotopic (exact) mass is 71.0 g/mol. The minimum Gasteiger partial charge on any atom is -1.00 e. The first-order chi connectivity index (χ1) is 1.41. The number of carbonyl (C=O) groups excluding carboxylic acids is 1. The van der Waals surface area contributed by atoms with E-state index in [0.29, 0.717) is 0 Å². The number of nitrogens with two attached hydrogens (primary N) is 1. The van der Waals surface area contributed by atoms with Crippen molar-refractivity contribution in [3.8, 4) is 0 Å². The number of rotatable bonds is 0. The number of amides is 1. The van der Waals surface area contributed by atoms with Gasteiger partial charge in [0.1, 0.15) is 0 Å². The van der Waals surface area contributed by atoms with Crippen molar-refractivity contribution in [3.05, 3.63) is 0 Å². The molecule has 0 heterocycles. The van der Waals surface area contributed by atoms with Gasteiger partial charge in [0.2, 0.25) is 6.41 Å². The molecule has 0 atom stereocenters. The molecule has 0 radical (unpaired) electrons. The van der Waals surface area contributed by atoms with Crippen molar-refractivity contribution >= 4 is 29.5 Å². The number of hydrogen-bond acceptors (Lipinski definition) is 1. The fourth-order valence-electron chi connectivity index (χ4n) is 0. The summed E-state index contributed by atoms with van der Waals surface area (Å²) >= 11 is 0. The van der Waals surface area contributed by atoms with Gasteiger partial charge in [-0.25, -0.2) is 0 Å². The van der Waals surface area contributed by atoms with E-state index in [-0.39, 0.29) is 32.3 Å². The standard InChI is InChI=1S/CH3NO.Mg.2H/c2-1-3;;;/h1H,(H2,2,3);;;/q;+2;2*-1. The first-order valence-electron chi connectivity index (χ1n) is 0.569.